The first kappa shape index (κ1) is 13.8. The fourth-order valence-electron chi connectivity index (χ4n) is 2.64. The van der Waals surface area contributed by atoms with Crippen molar-refractivity contribution < 1.29 is 4.39 Å². The van der Waals surface area contributed by atoms with Gasteiger partial charge in [-0.2, -0.15) is 0 Å². The molecular weight excluding hydrogens is 293 g/mol. The van der Waals surface area contributed by atoms with Gasteiger partial charge in [0.25, 0.3) is 0 Å². The summed E-state index contributed by atoms with van der Waals surface area (Å²) in [4.78, 5) is 0. The third-order valence-electron chi connectivity index (χ3n) is 3.66. The molecule has 18 heavy (non-hydrogen) atoms. The van der Waals surface area contributed by atoms with Crippen LogP contribution < -0.4 is 5.73 Å². The van der Waals surface area contributed by atoms with E-state index in [2.05, 4.69) is 22.0 Å². The maximum Gasteiger partial charge on any atom is 0.123 e. The van der Waals surface area contributed by atoms with Crippen molar-refractivity contribution in [2.75, 3.05) is 6.54 Å². The fourth-order valence-corrected chi connectivity index (χ4v) is 3.00. The standard InChI is InChI=1S/C15H19BrFN/c16-15-7-6-14(17)9-12(15)8-13(10-18)11-4-2-1-3-5-11/h6-9,11H,1-5,10,18H2/b13-8-. The molecule has 0 bridgehead atoms. The molecule has 1 fully saturated rings. The monoisotopic (exact) mass is 311 g/mol. The number of nitrogens with two attached hydrogens (primary N) is 1. The number of halogens is 2. The van der Waals surface area contributed by atoms with Gasteiger partial charge >= 0.3 is 0 Å². The largest absolute Gasteiger partial charge is 0.327 e. The van der Waals surface area contributed by atoms with Gasteiger partial charge in [0, 0.05) is 11.0 Å². The molecule has 0 heterocycles. The fraction of sp³-hybridized carbons (Fsp3) is 0.467. The van der Waals surface area contributed by atoms with Gasteiger partial charge in [-0.05, 0) is 42.5 Å². The average Bonchev–Trinajstić information content (AvgIpc) is 2.41. The van der Waals surface area contributed by atoms with Crippen molar-refractivity contribution in [1.29, 1.82) is 0 Å². The predicted molar refractivity (Wildman–Crippen MR) is 77.7 cm³/mol. The highest BCUT2D eigenvalue weighted by atomic mass is 79.9. The van der Waals surface area contributed by atoms with Crippen LogP contribution in [0.1, 0.15) is 37.7 Å². The lowest BCUT2D eigenvalue weighted by molar-refractivity contribution is 0.401. The number of hydrogen-bond donors (Lipinski definition) is 1. The molecule has 1 aliphatic carbocycles. The molecule has 1 aromatic rings. The molecule has 3 heteroatoms. The van der Waals surface area contributed by atoms with Crippen LogP contribution in [0.25, 0.3) is 6.08 Å². The third kappa shape index (κ3) is 3.42. The van der Waals surface area contributed by atoms with Gasteiger partial charge in [0.05, 0.1) is 0 Å². The maximum absolute atomic E-state index is 13.3. The van der Waals surface area contributed by atoms with Crippen molar-refractivity contribution in [3.8, 4) is 0 Å². The van der Waals surface area contributed by atoms with E-state index < -0.39 is 0 Å². The van der Waals surface area contributed by atoms with Crippen molar-refractivity contribution in [3.63, 3.8) is 0 Å². The van der Waals surface area contributed by atoms with Crippen LogP contribution >= 0.6 is 15.9 Å². The lowest BCUT2D eigenvalue weighted by atomic mass is 9.83. The maximum atomic E-state index is 13.3. The third-order valence-corrected chi connectivity index (χ3v) is 4.39. The predicted octanol–water partition coefficient (Wildman–Crippen LogP) is 4.51. The second kappa shape index (κ2) is 6.48. The minimum atomic E-state index is -0.204. The van der Waals surface area contributed by atoms with Crippen molar-refractivity contribution >= 4 is 22.0 Å². The Labute approximate surface area is 116 Å². The highest BCUT2D eigenvalue weighted by Crippen LogP contribution is 2.31. The quantitative estimate of drug-likeness (QED) is 0.873. The van der Waals surface area contributed by atoms with E-state index in [1.807, 2.05) is 0 Å². The molecule has 1 aliphatic rings. The van der Waals surface area contributed by atoms with E-state index in [9.17, 15) is 4.39 Å². The molecule has 0 amide bonds. The molecule has 1 saturated carbocycles. The van der Waals surface area contributed by atoms with Gasteiger partial charge in [0.2, 0.25) is 0 Å². The molecule has 0 atom stereocenters. The van der Waals surface area contributed by atoms with Crippen LogP contribution in [0, 0.1) is 11.7 Å². The molecule has 0 saturated heterocycles. The Balaban J connectivity index is 2.24. The van der Waals surface area contributed by atoms with Crippen LogP contribution in [0.3, 0.4) is 0 Å². The smallest absolute Gasteiger partial charge is 0.123 e. The Bertz CT molecular complexity index is 436. The number of rotatable bonds is 3. The molecule has 0 radical (unpaired) electrons. The minimum absolute atomic E-state index is 0.204. The topological polar surface area (TPSA) is 26.0 Å². The van der Waals surface area contributed by atoms with Crippen LogP contribution in [-0.2, 0) is 0 Å². The molecule has 0 aromatic heterocycles. The van der Waals surface area contributed by atoms with Crippen LogP contribution in [-0.4, -0.2) is 6.54 Å². The summed E-state index contributed by atoms with van der Waals surface area (Å²) in [6.45, 7) is 0.563. The Hall–Kier alpha value is -0.670. The van der Waals surface area contributed by atoms with Crippen LogP contribution in [0.15, 0.2) is 28.2 Å². The zero-order chi connectivity index (χ0) is 13.0. The van der Waals surface area contributed by atoms with Gasteiger partial charge in [0.15, 0.2) is 0 Å². The van der Waals surface area contributed by atoms with Gasteiger partial charge in [-0.3, -0.25) is 0 Å². The summed E-state index contributed by atoms with van der Waals surface area (Å²) in [6, 6.07) is 4.77. The van der Waals surface area contributed by atoms with Crippen LogP contribution in [0.5, 0.6) is 0 Å². The zero-order valence-electron chi connectivity index (χ0n) is 10.5. The second-order valence-corrected chi connectivity index (χ2v) is 5.78. The van der Waals surface area contributed by atoms with Gasteiger partial charge < -0.3 is 5.73 Å². The van der Waals surface area contributed by atoms with E-state index in [0.717, 1.165) is 10.0 Å². The van der Waals surface area contributed by atoms with Crippen molar-refractivity contribution in [1.82, 2.24) is 0 Å². The Morgan fingerprint density at radius 2 is 2.06 bits per heavy atom. The summed E-state index contributed by atoms with van der Waals surface area (Å²) in [5.74, 6) is 0.378. The summed E-state index contributed by atoms with van der Waals surface area (Å²) < 4.78 is 14.2. The first-order chi connectivity index (χ1) is 8.70. The van der Waals surface area contributed by atoms with E-state index in [0.29, 0.717) is 12.5 Å². The molecule has 1 aromatic carbocycles. The van der Waals surface area contributed by atoms with Gasteiger partial charge in [-0.15, -0.1) is 0 Å². The molecule has 0 spiro atoms. The molecule has 1 nitrogen and oxygen atoms in total. The first-order valence-corrected chi connectivity index (χ1v) is 7.35. The summed E-state index contributed by atoms with van der Waals surface area (Å²) in [5, 5.41) is 0. The number of hydrogen-bond acceptors (Lipinski definition) is 1. The van der Waals surface area contributed by atoms with Crippen molar-refractivity contribution in [2.45, 2.75) is 32.1 Å². The lowest BCUT2D eigenvalue weighted by Gasteiger charge is -2.24. The van der Waals surface area contributed by atoms with E-state index in [1.165, 1.54) is 43.7 Å². The van der Waals surface area contributed by atoms with E-state index in [4.69, 9.17) is 5.73 Å². The molecule has 2 N–H and O–H groups in total. The summed E-state index contributed by atoms with van der Waals surface area (Å²) >= 11 is 3.46. The van der Waals surface area contributed by atoms with Crippen molar-refractivity contribution in [2.24, 2.45) is 11.7 Å². The molecule has 98 valence electrons. The Kier molecular flexibility index (Phi) is 4.95. The van der Waals surface area contributed by atoms with Gasteiger partial charge in [0.1, 0.15) is 5.82 Å². The van der Waals surface area contributed by atoms with Gasteiger partial charge in [-0.1, -0.05) is 46.8 Å². The van der Waals surface area contributed by atoms with E-state index >= 15 is 0 Å². The van der Waals surface area contributed by atoms with Crippen LogP contribution in [0.2, 0.25) is 0 Å². The van der Waals surface area contributed by atoms with Crippen LogP contribution in [0.4, 0.5) is 4.39 Å². The van der Waals surface area contributed by atoms with Gasteiger partial charge in [-0.25, -0.2) is 4.39 Å². The summed E-state index contributed by atoms with van der Waals surface area (Å²) in [5.41, 5.74) is 8.00. The Morgan fingerprint density at radius 1 is 1.33 bits per heavy atom. The summed E-state index contributed by atoms with van der Waals surface area (Å²) in [6.07, 6.45) is 8.39. The van der Waals surface area contributed by atoms with Crippen molar-refractivity contribution in [3.05, 3.63) is 39.6 Å². The SMILES string of the molecule is NC/C(=C/c1cc(F)ccc1Br)C1CCCCC1. The minimum Gasteiger partial charge on any atom is -0.327 e. The molecule has 0 unspecified atom stereocenters. The Morgan fingerprint density at radius 3 is 2.72 bits per heavy atom. The van der Waals surface area contributed by atoms with E-state index in [-0.39, 0.29) is 5.82 Å². The summed E-state index contributed by atoms with van der Waals surface area (Å²) in [7, 11) is 0. The highest BCUT2D eigenvalue weighted by molar-refractivity contribution is 9.10. The zero-order valence-corrected chi connectivity index (χ0v) is 12.0. The lowest BCUT2D eigenvalue weighted by Crippen LogP contribution is -2.16. The average molecular weight is 312 g/mol. The highest BCUT2D eigenvalue weighted by Gasteiger charge is 2.17. The normalized spacial score (nSPS) is 18.1. The number of benzene rings is 1. The second-order valence-electron chi connectivity index (χ2n) is 4.92. The van der Waals surface area contributed by atoms with E-state index in [1.54, 1.807) is 12.1 Å². The first-order valence-electron chi connectivity index (χ1n) is 6.56. The molecular formula is C15H19BrFN. The molecule has 0 aliphatic heterocycles. The molecule has 2 rings (SSSR count).